The summed E-state index contributed by atoms with van der Waals surface area (Å²) in [5.41, 5.74) is 5.17. The number of anilines is 2. The Bertz CT molecular complexity index is 993. The summed E-state index contributed by atoms with van der Waals surface area (Å²) in [5.74, 6) is -1.50. The van der Waals surface area contributed by atoms with Gasteiger partial charge in [0.05, 0.1) is 10.5 Å². The van der Waals surface area contributed by atoms with Gasteiger partial charge in [-0.05, 0) is 43.3 Å². The number of ketones is 1. The van der Waals surface area contributed by atoms with Gasteiger partial charge < -0.3 is 15.8 Å². The van der Waals surface area contributed by atoms with Crippen LogP contribution in [0.1, 0.15) is 48.4 Å². The Balaban J connectivity index is 2.07. The summed E-state index contributed by atoms with van der Waals surface area (Å²) in [6.07, 6.45) is -1.12. The van der Waals surface area contributed by atoms with Gasteiger partial charge in [-0.25, -0.2) is 4.79 Å². The Labute approximate surface area is 173 Å². The number of nitrogen functional groups attached to an aromatic ring is 1. The van der Waals surface area contributed by atoms with Gasteiger partial charge in [-0.1, -0.05) is 20.8 Å². The van der Waals surface area contributed by atoms with E-state index in [1.54, 1.807) is 32.9 Å². The molecule has 0 aliphatic rings. The summed E-state index contributed by atoms with van der Waals surface area (Å²) in [6.45, 7) is 6.76. The zero-order valence-electron chi connectivity index (χ0n) is 17.1. The van der Waals surface area contributed by atoms with E-state index in [0.29, 0.717) is 5.69 Å². The molecule has 0 saturated carbocycles. The number of hydrogen-bond donors (Lipinski definition) is 2. The number of carbonyl (C=O) groups is 3. The molecule has 0 aliphatic carbocycles. The number of hydrogen-bond acceptors (Lipinski definition) is 7. The van der Waals surface area contributed by atoms with Gasteiger partial charge in [0.25, 0.3) is 5.69 Å². The minimum absolute atomic E-state index is 0.0840. The van der Waals surface area contributed by atoms with E-state index in [1.807, 2.05) is 0 Å². The fraction of sp³-hybridized carbons (Fsp3) is 0.286. The average Bonchev–Trinajstić information content (AvgIpc) is 2.67. The van der Waals surface area contributed by atoms with Crippen molar-refractivity contribution in [2.75, 3.05) is 11.1 Å². The van der Waals surface area contributed by atoms with Crippen LogP contribution in [0.2, 0.25) is 0 Å². The first kappa shape index (κ1) is 22.5. The van der Waals surface area contributed by atoms with Crippen LogP contribution < -0.4 is 11.1 Å². The molecule has 0 heterocycles. The Kier molecular flexibility index (Phi) is 6.56. The maximum absolute atomic E-state index is 12.5. The minimum atomic E-state index is -1.12. The van der Waals surface area contributed by atoms with Crippen LogP contribution in [-0.4, -0.2) is 28.7 Å². The number of nitro groups is 1. The van der Waals surface area contributed by atoms with E-state index in [2.05, 4.69) is 5.32 Å². The van der Waals surface area contributed by atoms with Crippen molar-refractivity contribution in [2.45, 2.75) is 33.8 Å². The van der Waals surface area contributed by atoms with Crippen LogP contribution in [0.3, 0.4) is 0 Å². The number of nitrogens with one attached hydrogen (secondary N) is 1. The van der Waals surface area contributed by atoms with Crippen LogP contribution in [0.5, 0.6) is 0 Å². The van der Waals surface area contributed by atoms with Gasteiger partial charge in [0.1, 0.15) is 5.69 Å². The average molecular weight is 413 g/mol. The Hall–Kier alpha value is -3.75. The second-order valence-electron chi connectivity index (χ2n) is 7.72. The molecular formula is C21H23N3O6. The largest absolute Gasteiger partial charge is 0.451 e. The number of rotatable bonds is 6. The predicted octanol–water partition coefficient (Wildman–Crippen LogP) is 3.59. The first-order valence-corrected chi connectivity index (χ1v) is 9.11. The van der Waals surface area contributed by atoms with Gasteiger partial charge in [0.2, 0.25) is 11.7 Å². The summed E-state index contributed by atoms with van der Waals surface area (Å²) in [5, 5.41) is 13.7. The highest BCUT2D eigenvalue weighted by molar-refractivity contribution is 6.02. The molecule has 3 N–H and O–H groups in total. The Morgan fingerprint density at radius 1 is 1.07 bits per heavy atom. The van der Waals surface area contributed by atoms with Crippen LogP contribution in [0.4, 0.5) is 17.1 Å². The molecule has 0 unspecified atom stereocenters. The van der Waals surface area contributed by atoms with E-state index in [0.717, 1.165) is 6.07 Å². The van der Waals surface area contributed by atoms with Crippen LogP contribution in [0.15, 0.2) is 42.5 Å². The van der Waals surface area contributed by atoms with Gasteiger partial charge in [-0.15, -0.1) is 0 Å². The second kappa shape index (κ2) is 8.73. The summed E-state index contributed by atoms with van der Waals surface area (Å²) in [4.78, 5) is 47.1. The monoisotopic (exact) mass is 413 g/mol. The minimum Gasteiger partial charge on any atom is -0.451 e. The quantitative estimate of drug-likeness (QED) is 0.242. The van der Waals surface area contributed by atoms with Gasteiger partial charge >= 0.3 is 5.97 Å². The highest BCUT2D eigenvalue weighted by Crippen LogP contribution is 2.23. The van der Waals surface area contributed by atoms with E-state index >= 15 is 0 Å². The number of benzene rings is 2. The SMILES string of the molecule is C[C@@H](OC(=O)c1ccc(N)c([N+](=O)[O-])c1)C(=O)c1ccc(NC(=O)C(C)(C)C)cc1. The van der Waals surface area contributed by atoms with Crippen LogP contribution in [0, 0.1) is 15.5 Å². The number of ether oxygens (including phenoxy) is 1. The lowest BCUT2D eigenvalue weighted by Crippen LogP contribution is -2.27. The zero-order valence-corrected chi connectivity index (χ0v) is 17.1. The Morgan fingerprint density at radius 3 is 2.17 bits per heavy atom. The highest BCUT2D eigenvalue weighted by Gasteiger charge is 2.24. The van der Waals surface area contributed by atoms with Crippen molar-refractivity contribution >= 4 is 34.7 Å². The highest BCUT2D eigenvalue weighted by atomic mass is 16.6. The first-order chi connectivity index (χ1) is 13.9. The van der Waals surface area contributed by atoms with Crippen LogP contribution >= 0.6 is 0 Å². The first-order valence-electron chi connectivity index (χ1n) is 9.11. The second-order valence-corrected chi connectivity index (χ2v) is 7.72. The Morgan fingerprint density at radius 2 is 1.63 bits per heavy atom. The third-order valence-electron chi connectivity index (χ3n) is 4.22. The molecule has 0 radical (unpaired) electrons. The molecule has 2 rings (SSSR count). The normalized spacial score (nSPS) is 12.0. The molecular weight excluding hydrogens is 390 g/mol. The molecule has 0 bridgehead atoms. The lowest BCUT2D eigenvalue weighted by molar-refractivity contribution is -0.383. The summed E-state index contributed by atoms with van der Waals surface area (Å²) in [6, 6.07) is 9.70. The van der Waals surface area contributed by atoms with Gasteiger partial charge in [0.15, 0.2) is 6.10 Å². The van der Waals surface area contributed by atoms with Crippen molar-refractivity contribution in [1.29, 1.82) is 0 Å². The number of nitrogens with zero attached hydrogens (tertiary/aromatic N) is 1. The number of carbonyl (C=O) groups excluding carboxylic acids is 3. The van der Waals surface area contributed by atoms with Crippen molar-refractivity contribution < 1.29 is 24.0 Å². The third-order valence-corrected chi connectivity index (χ3v) is 4.22. The van der Waals surface area contributed by atoms with Crippen molar-refractivity contribution in [1.82, 2.24) is 0 Å². The molecule has 158 valence electrons. The summed E-state index contributed by atoms with van der Waals surface area (Å²) in [7, 11) is 0. The van der Waals surface area contributed by atoms with Crippen molar-refractivity contribution in [2.24, 2.45) is 5.41 Å². The van der Waals surface area contributed by atoms with Gasteiger partial charge in [-0.2, -0.15) is 0 Å². The van der Waals surface area contributed by atoms with Gasteiger partial charge in [-0.3, -0.25) is 19.7 Å². The standard InChI is InChI=1S/C21H23N3O6/c1-12(30-19(26)14-7-10-16(22)17(11-14)24(28)29)18(25)13-5-8-15(9-6-13)23-20(27)21(2,3)4/h5-12H,22H2,1-4H3,(H,23,27)/t12-/m1/s1. The van der Waals surface area contributed by atoms with Gasteiger partial charge in [0, 0.05) is 22.7 Å². The van der Waals surface area contributed by atoms with Crippen molar-refractivity contribution in [3.05, 3.63) is 63.7 Å². The molecule has 0 spiro atoms. The van der Waals surface area contributed by atoms with E-state index in [4.69, 9.17) is 10.5 Å². The predicted molar refractivity (Wildman–Crippen MR) is 111 cm³/mol. The number of amides is 1. The fourth-order valence-electron chi connectivity index (χ4n) is 2.38. The number of Topliss-reactive ketones (excluding diaryl/α,β-unsaturated/α-hetero) is 1. The molecule has 2 aromatic rings. The maximum atomic E-state index is 12.5. The summed E-state index contributed by atoms with van der Waals surface area (Å²) < 4.78 is 5.15. The van der Waals surface area contributed by atoms with Crippen molar-refractivity contribution in [3.63, 3.8) is 0 Å². The molecule has 1 amide bonds. The maximum Gasteiger partial charge on any atom is 0.339 e. The van der Waals surface area contributed by atoms with Crippen LogP contribution in [-0.2, 0) is 9.53 Å². The molecule has 0 aliphatic heterocycles. The number of esters is 1. The van der Waals surface area contributed by atoms with E-state index in [1.165, 1.54) is 31.2 Å². The number of nitro benzene ring substituents is 1. The van der Waals surface area contributed by atoms with E-state index in [-0.39, 0.29) is 22.7 Å². The molecule has 0 fully saturated rings. The molecule has 9 nitrogen and oxygen atoms in total. The molecule has 1 atom stereocenters. The molecule has 30 heavy (non-hydrogen) atoms. The zero-order chi connectivity index (χ0) is 22.6. The third kappa shape index (κ3) is 5.40. The number of nitrogens with two attached hydrogens (primary N) is 1. The van der Waals surface area contributed by atoms with Crippen molar-refractivity contribution in [3.8, 4) is 0 Å². The molecule has 0 saturated heterocycles. The molecule has 0 aromatic heterocycles. The van der Waals surface area contributed by atoms with Crippen LogP contribution in [0.25, 0.3) is 0 Å². The fourth-order valence-corrected chi connectivity index (χ4v) is 2.38. The molecule has 2 aromatic carbocycles. The molecule has 9 heteroatoms. The van der Waals surface area contributed by atoms with E-state index < -0.39 is 33.9 Å². The smallest absolute Gasteiger partial charge is 0.339 e. The topological polar surface area (TPSA) is 142 Å². The van der Waals surface area contributed by atoms with E-state index in [9.17, 15) is 24.5 Å². The summed E-state index contributed by atoms with van der Waals surface area (Å²) >= 11 is 0. The lowest BCUT2D eigenvalue weighted by Gasteiger charge is -2.18. The lowest BCUT2D eigenvalue weighted by atomic mass is 9.95.